The zero-order valence-electron chi connectivity index (χ0n) is 9.56. The fraction of sp³-hybridized carbons (Fsp3) is 0. The zero-order chi connectivity index (χ0) is 12.4. The standard InChI is InChI=1S/C14H11N3O/c18-14-7-2-1-6-13(14)17-10-11(9-16-17)12-5-3-4-8-15-12/h1-10,18H. The van der Waals surface area contributed by atoms with Crippen molar-refractivity contribution in [3.8, 4) is 22.7 Å². The van der Waals surface area contributed by atoms with Crippen molar-refractivity contribution in [3.05, 3.63) is 61.1 Å². The molecule has 0 spiro atoms. The minimum absolute atomic E-state index is 0.202. The van der Waals surface area contributed by atoms with Crippen LogP contribution in [0.3, 0.4) is 0 Å². The average molecular weight is 237 g/mol. The molecule has 2 aromatic heterocycles. The summed E-state index contributed by atoms with van der Waals surface area (Å²) in [6.07, 6.45) is 5.32. The molecular formula is C14H11N3O. The first-order valence-corrected chi connectivity index (χ1v) is 5.59. The molecule has 2 heterocycles. The maximum Gasteiger partial charge on any atom is 0.141 e. The van der Waals surface area contributed by atoms with Crippen molar-refractivity contribution in [2.45, 2.75) is 0 Å². The molecule has 0 radical (unpaired) electrons. The van der Waals surface area contributed by atoms with Crippen molar-refractivity contribution in [1.82, 2.24) is 14.8 Å². The third kappa shape index (κ3) is 1.84. The number of aromatic hydroxyl groups is 1. The van der Waals surface area contributed by atoms with Gasteiger partial charge in [-0.1, -0.05) is 18.2 Å². The summed E-state index contributed by atoms with van der Waals surface area (Å²) < 4.78 is 1.64. The minimum Gasteiger partial charge on any atom is -0.506 e. The van der Waals surface area contributed by atoms with Crippen LogP contribution in [0, 0.1) is 0 Å². The number of rotatable bonds is 2. The Morgan fingerprint density at radius 2 is 1.83 bits per heavy atom. The molecule has 0 saturated carbocycles. The molecule has 0 amide bonds. The van der Waals surface area contributed by atoms with Crippen molar-refractivity contribution in [3.63, 3.8) is 0 Å². The van der Waals surface area contributed by atoms with Crippen LogP contribution in [0.5, 0.6) is 5.75 Å². The molecule has 0 aliphatic carbocycles. The molecule has 0 aliphatic rings. The van der Waals surface area contributed by atoms with Crippen LogP contribution in [0.2, 0.25) is 0 Å². The van der Waals surface area contributed by atoms with E-state index in [2.05, 4.69) is 10.1 Å². The normalized spacial score (nSPS) is 10.4. The van der Waals surface area contributed by atoms with Gasteiger partial charge in [-0.3, -0.25) is 4.98 Å². The molecular weight excluding hydrogens is 226 g/mol. The van der Waals surface area contributed by atoms with E-state index >= 15 is 0 Å². The maximum atomic E-state index is 9.77. The highest BCUT2D eigenvalue weighted by Crippen LogP contribution is 2.22. The predicted molar refractivity (Wildman–Crippen MR) is 68.5 cm³/mol. The SMILES string of the molecule is Oc1ccccc1-n1cc(-c2ccccn2)cn1. The topological polar surface area (TPSA) is 50.9 Å². The third-order valence-electron chi connectivity index (χ3n) is 2.67. The van der Waals surface area contributed by atoms with Gasteiger partial charge in [0.2, 0.25) is 0 Å². The third-order valence-corrected chi connectivity index (χ3v) is 2.67. The Bertz CT molecular complexity index is 662. The molecule has 1 N–H and O–H groups in total. The van der Waals surface area contributed by atoms with Gasteiger partial charge < -0.3 is 5.11 Å². The Balaban J connectivity index is 2.03. The number of phenolic OH excluding ortho intramolecular Hbond substituents is 1. The number of para-hydroxylation sites is 2. The van der Waals surface area contributed by atoms with Gasteiger partial charge in [0.25, 0.3) is 0 Å². The van der Waals surface area contributed by atoms with Crippen molar-refractivity contribution < 1.29 is 5.11 Å². The van der Waals surface area contributed by atoms with Crippen molar-refractivity contribution in [2.24, 2.45) is 0 Å². The molecule has 3 rings (SSSR count). The van der Waals surface area contributed by atoms with Gasteiger partial charge in [-0.25, -0.2) is 4.68 Å². The Hall–Kier alpha value is -2.62. The number of phenols is 1. The molecule has 0 aliphatic heterocycles. The van der Waals surface area contributed by atoms with Gasteiger partial charge in [0.15, 0.2) is 0 Å². The molecule has 4 nitrogen and oxygen atoms in total. The quantitative estimate of drug-likeness (QED) is 0.745. The predicted octanol–water partition coefficient (Wildman–Crippen LogP) is 2.64. The van der Waals surface area contributed by atoms with Gasteiger partial charge in [0.1, 0.15) is 11.4 Å². The second-order valence-corrected chi connectivity index (χ2v) is 3.88. The molecule has 0 atom stereocenters. The van der Waals surface area contributed by atoms with E-state index in [1.54, 1.807) is 29.2 Å². The Labute approximate surface area is 104 Å². The first kappa shape index (κ1) is 10.5. The van der Waals surface area contributed by atoms with Crippen LogP contribution in [0.25, 0.3) is 16.9 Å². The molecule has 0 unspecified atom stereocenters. The number of hydrogen-bond donors (Lipinski definition) is 1. The number of pyridine rings is 1. The van der Waals surface area contributed by atoms with Crippen molar-refractivity contribution in [2.75, 3.05) is 0 Å². The van der Waals surface area contributed by atoms with E-state index < -0.39 is 0 Å². The Morgan fingerprint density at radius 1 is 1.00 bits per heavy atom. The number of hydrogen-bond acceptors (Lipinski definition) is 3. The fourth-order valence-corrected chi connectivity index (χ4v) is 1.78. The highest BCUT2D eigenvalue weighted by Gasteiger charge is 2.06. The molecule has 18 heavy (non-hydrogen) atoms. The summed E-state index contributed by atoms with van der Waals surface area (Å²) >= 11 is 0. The molecule has 4 heteroatoms. The molecule has 0 bridgehead atoms. The summed E-state index contributed by atoms with van der Waals surface area (Å²) in [6.45, 7) is 0. The summed E-state index contributed by atoms with van der Waals surface area (Å²) in [5, 5.41) is 14.0. The molecule has 3 aromatic rings. The summed E-state index contributed by atoms with van der Waals surface area (Å²) in [6, 6.07) is 12.8. The fourth-order valence-electron chi connectivity index (χ4n) is 1.78. The average Bonchev–Trinajstić information content (AvgIpc) is 2.90. The van der Waals surface area contributed by atoms with E-state index in [9.17, 15) is 5.11 Å². The van der Waals surface area contributed by atoms with Gasteiger partial charge in [0.05, 0.1) is 11.9 Å². The molecule has 88 valence electrons. The van der Waals surface area contributed by atoms with Crippen LogP contribution in [0.15, 0.2) is 61.1 Å². The molecule has 0 saturated heterocycles. The summed E-state index contributed by atoms with van der Waals surface area (Å²) in [5.41, 5.74) is 2.43. The second kappa shape index (κ2) is 4.33. The maximum absolute atomic E-state index is 9.77. The summed E-state index contributed by atoms with van der Waals surface area (Å²) in [7, 11) is 0. The van der Waals surface area contributed by atoms with Crippen LogP contribution in [0.1, 0.15) is 0 Å². The Morgan fingerprint density at radius 3 is 2.61 bits per heavy atom. The molecule has 1 aromatic carbocycles. The summed E-state index contributed by atoms with van der Waals surface area (Å²) in [4.78, 5) is 4.26. The minimum atomic E-state index is 0.202. The first-order valence-electron chi connectivity index (χ1n) is 5.59. The van der Waals surface area contributed by atoms with Gasteiger partial charge in [-0.15, -0.1) is 0 Å². The van der Waals surface area contributed by atoms with Crippen LogP contribution < -0.4 is 0 Å². The lowest BCUT2D eigenvalue weighted by Gasteiger charge is -2.02. The highest BCUT2D eigenvalue weighted by atomic mass is 16.3. The highest BCUT2D eigenvalue weighted by molar-refractivity contribution is 5.58. The van der Waals surface area contributed by atoms with Crippen LogP contribution in [-0.2, 0) is 0 Å². The van der Waals surface area contributed by atoms with Crippen molar-refractivity contribution in [1.29, 1.82) is 0 Å². The lowest BCUT2D eigenvalue weighted by Crippen LogP contribution is -1.93. The van der Waals surface area contributed by atoms with E-state index in [1.165, 1.54) is 0 Å². The van der Waals surface area contributed by atoms with E-state index in [0.717, 1.165) is 11.3 Å². The lowest BCUT2D eigenvalue weighted by molar-refractivity contribution is 0.470. The first-order chi connectivity index (χ1) is 8.84. The van der Waals surface area contributed by atoms with Gasteiger partial charge in [-0.05, 0) is 24.3 Å². The van der Waals surface area contributed by atoms with Crippen molar-refractivity contribution >= 4 is 0 Å². The van der Waals surface area contributed by atoms with E-state index in [4.69, 9.17) is 0 Å². The van der Waals surface area contributed by atoms with Crippen LogP contribution in [-0.4, -0.2) is 19.9 Å². The monoisotopic (exact) mass is 237 g/mol. The van der Waals surface area contributed by atoms with Gasteiger partial charge in [-0.2, -0.15) is 5.10 Å². The summed E-state index contributed by atoms with van der Waals surface area (Å²) in [5.74, 6) is 0.202. The second-order valence-electron chi connectivity index (χ2n) is 3.88. The molecule has 0 fully saturated rings. The smallest absolute Gasteiger partial charge is 0.141 e. The van der Waals surface area contributed by atoms with Gasteiger partial charge in [0, 0.05) is 18.0 Å². The van der Waals surface area contributed by atoms with Crippen LogP contribution in [0.4, 0.5) is 0 Å². The largest absolute Gasteiger partial charge is 0.506 e. The van der Waals surface area contributed by atoms with Crippen LogP contribution >= 0.6 is 0 Å². The number of nitrogens with zero attached hydrogens (tertiary/aromatic N) is 3. The number of aromatic nitrogens is 3. The Kier molecular flexibility index (Phi) is 2.53. The van der Waals surface area contributed by atoms with Gasteiger partial charge >= 0.3 is 0 Å². The number of benzene rings is 1. The zero-order valence-corrected chi connectivity index (χ0v) is 9.56. The van der Waals surface area contributed by atoms with E-state index in [0.29, 0.717) is 5.69 Å². The lowest BCUT2D eigenvalue weighted by atomic mass is 10.2. The van der Waals surface area contributed by atoms with E-state index in [1.807, 2.05) is 36.5 Å². The van der Waals surface area contributed by atoms with E-state index in [-0.39, 0.29) is 5.75 Å².